The Morgan fingerprint density at radius 1 is 1.36 bits per heavy atom. The number of aromatic nitrogens is 2. The van der Waals surface area contributed by atoms with E-state index in [1.807, 2.05) is 28.2 Å². The Morgan fingerprint density at radius 3 is 3.09 bits per heavy atom. The van der Waals surface area contributed by atoms with Crippen molar-refractivity contribution in [3.05, 3.63) is 59.1 Å². The van der Waals surface area contributed by atoms with Gasteiger partial charge < -0.3 is 5.32 Å². The number of carbonyl (C=O) groups is 1. The molecule has 0 saturated carbocycles. The van der Waals surface area contributed by atoms with Gasteiger partial charge in [-0.3, -0.25) is 9.20 Å². The van der Waals surface area contributed by atoms with Gasteiger partial charge in [-0.1, -0.05) is 12.1 Å². The summed E-state index contributed by atoms with van der Waals surface area (Å²) in [6.45, 7) is 0.562. The van der Waals surface area contributed by atoms with E-state index in [0.717, 1.165) is 16.2 Å². The average Bonchev–Trinajstić information content (AvgIpc) is 3.06. The molecule has 0 fully saturated rings. The van der Waals surface area contributed by atoms with Crippen molar-refractivity contribution in [3.63, 3.8) is 0 Å². The number of amides is 1. The number of rotatable bonds is 6. The van der Waals surface area contributed by atoms with Gasteiger partial charge in [-0.25, -0.2) is 9.37 Å². The Bertz CT molecular complexity index is 752. The summed E-state index contributed by atoms with van der Waals surface area (Å²) in [5.74, 6) is -0.289. The summed E-state index contributed by atoms with van der Waals surface area (Å²) in [5, 5.41) is 4.86. The Kier molecular flexibility index (Phi) is 4.48. The van der Waals surface area contributed by atoms with Crippen LogP contribution in [0.4, 0.5) is 4.39 Å². The number of hydrogen-bond donors (Lipinski definition) is 1. The number of halogens is 1. The van der Waals surface area contributed by atoms with Crippen LogP contribution in [0.25, 0.3) is 4.96 Å². The van der Waals surface area contributed by atoms with Crippen LogP contribution in [0.1, 0.15) is 17.7 Å². The van der Waals surface area contributed by atoms with Crippen LogP contribution in [0.3, 0.4) is 0 Å². The van der Waals surface area contributed by atoms with Crippen LogP contribution in [0.2, 0.25) is 0 Å². The van der Waals surface area contributed by atoms with E-state index in [1.165, 1.54) is 12.1 Å². The van der Waals surface area contributed by atoms with Crippen LogP contribution in [0, 0.1) is 5.82 Å². The Balaban J connectivity index is 1.41. The first kappa shape index (κ1) is 14.7. The first-order valence-corrected chi connectivity index (χ1v) is 8.01. The van der Waals surface area contributed by atoms with E-state index in [9.17, 15) is 9.18 Å². The highest BCUT2D eigenvalue weighted by atomic mass is 32.1. The van der Waals surface area contributed by atoms with E-state index < -0.39 is 0 Å². The van der Waals surface area contributed by atoms with Crippen LogP contribution in [0.5, 0.6) is 0 Å². The van der Waals surface area contributed by atoms with Crippen molar-refractivity contribution < 1.29 is 9.18 Å². The van der Waals surface area contributed by atoms with Crippen LogP contribution in [-0.4, -0.2) is 21.8 Å². The standard InChI is InChI=1S/C16H16FN3OS/c17-13-3-1-2-12(10-13)4-5-15(21)18-7-6-14-11-20-8-9-22-16(20)19-14/h1-3,8-11H,4-7H2,(H,18,21). The quantitative estimate of drug-likeness (QED) is 0.760. The lowest BCUT2D eigenvalue weighted by Crippen LogP contribution is -2.25. The number of thiazole rings is 1. The minimum absolute atomic E-state index is 0.0229. The third-order valence-electron chi connectivity index (χ3n) is 3.38. The summed E-state index contributed by atoms with van der Waals surface area (Å²) in [5.41, 5.74) is 1.81. The number of carbonyl (C=O) groups excluding carboxylic acids is 1. The third kappa shape index (κ3) is 3.71. The maximum atomic E-state index is 13.0. The van der Waals surface area contributed by atoms with Crippen molar-refractivity contribution in [3.8, 4) is 0 Å². The predicted octanol–water partition coefficient (Wildman–Crippen LogP) is 2.83. The second-order valence-corrected chi connectivity index (χ2v) is 5.93. The van der Waals surface area contributed by atoms with E-state index in [2.05, 4.69) is 10.3 Å². The van der Waals surface area contributed by atoms with Crippen LogP contribution < -0.4 is 5.32 Å². The van der Waals surface area contributed by atoms with E-state index in [-0.39, 0.29) is 11.7 Å². The topological polar surface area (TPSA) is 46.4 Å². The summed E-state index contributed by atoms with van der Waals surface area (Å²) in [6, 6.07) is 6.35. The van der Waals surface area contributed by atoms with Gasteiger partial charge in [0.1, 0.15) is 5.82 Å². The number of nitrogens with one attached hydrogen (secondary N) is 1. The largest absolute Gasteiger partial charge is 0.356 e. The number of aryl methyl sites for hydroxylation is 1. The van der Waals surface area contributed by atoms with Gasteiger partial charge in [0, 0.05) is 37.2 Å². The molecule has 1 amide bonds. The zero-order valence-electron chi connectivity index (χ0n) is 12.0. The van der Waals surface area contributed by atoms with Crippen LogP contribution in [-0.2, 0) is 17.6 Å². The van der Waals surface area contributed by atoms with Crippen molar-refractivity contribution in [2.75, 3.05) is 6.54 Å². The predicted molar refractivity (Wildman–Crippen MR) is 84.5 cm³/mol. The number of hydrogen-bond acceptors (Lipinski definition) is 3. The Morgan fingerprint density at radius 2 is 2.27 bits per heavy atom. The second kappa shape index (κ2) is 6.70. The summed E-state index contributed by atoms with van der Waals surface area (Å²) in [6.07, 6.45) is 5.56. The molecule has 4 nitrogen and oxygen atoms in total. The van der Waals surface area contributed by atoms with Crippen molar-refractivity contribution in [1.29, 1.82) is 0 Å². The molecule has 3 aromatic rings. The van der Waals surface area contributed by atoms with Gasteiger partial charge in [-0.05, 0) is 24.1 Å². The number of imidazole rings is 1. The van der Waals surface area contributed by atoms with Gasteiger partial charge >= 0.3 is 0 Å². The summed E-state index contributed by atoms with van der Waals surface area (Å²) in [4.78, 5) is 17.2. The van der Waals surface area contributed by atoms with Crippen molar-refractivity contribution in [2.24, 2.45) is 0 Å². The number of benzene rings is 1. The van der Waals surface area contributed by atoms with Crippen molar-refractivity contribution in [2.45, 2.75) is 19.3 Å². The number of nitrogens with zero attached hydrogens (tertiary/aromatic N) is 2. The first-order valence-electron chi connectivity index (χ1n) is 7.13. The summed E-state index contributed by atoms with van der Waals surface area (Å²) < 4.78 is 15.0. The number of fused-ring (bicyclic) bond motifs is 1. The molecule has 2 heterocycles. The van der Waals surface area contributed by atoms with Gasteiger partial charge in [0.25, 0.3) is 0 Å². The van der Waals surface area contributed by atoms with Gasteiger partial charge in [-0.15, -0.1) is 11.3 Å². The Hall–Kier alpha value is -2.21. The molecule has 0 aliphatic heterocycles. The molecule has 0 spiro atoms. The molecule has 3 rings (SSSR count). The molecule has 0 saturated heterocycles. The molecule has 1 N–H and O–H groups in total. The van der Waals surface area contributed by atoms with Crippen molar-refractivity contribution in [1.82, 2.24) is 14.7 Å². The maximum Gasteiger partial charge on any atom is 0.220 e. The van der Waals surface area contributed by atoms with Crippen LogP contribution in [0.15, 0.2) is 42.0 Å². The molecular formula is C16H16FN3OS. The molecular weight excluding hydrogens is 301 g/mol. The van der Waals surface area contributed by atoms with E-state index in [1.54, 1.807) is 17.4 Å². The normalized spacial score (nSPS) is 11.0. The van der Waals surface area contributed by atoms with Crippen molar-refractivity contribution >= 4 is 22.2 Å². The molecule has 6 heteroatoms. The van der Waals surface area contributed by atoms with Gasteiger partial charge in [0.2, 0.25) is 5.91 Å². The molecule has 2 aromatic heterocycles. The fourth-order valence-electron chi connectivity index (χ4n) is 2.27. The highest BCUT2D eigenvalue weighted by molar-refractivity contribution is 7.15. The highest BCUT2D eigenvalue weighted by Crippen LogP contribution is 2.11. The van der Waals surface area contributed by atoms with E-state index in [4.69, 9.17) is 0 Å². The van der Waals surface area contributed by atoms with Gasteiger partial charge in [0.05, 0.1) is 5.69 Å². The molecule has 22 heavy (non-hydrogen) atoms. The van der Waals surface area contributed by atoms with E-state index in [0.29, 0.717) is 25.8 Å². The molecule has 0 radical (unpaired) electrons. The minimum atomic E-state index is -0.266. The molecule has 0 aliphatic rings. The monoisotopic (exact) mass is 317 g/mol. The minimum Gasteiger partial charge on any atom is -0.356 e. The molecule has 0 atom stereocenters. The zero-order valence-corrected chi connectivity index (χ0v) is 12.8. The fourth-order valence-corrected chi connectivity index (χ4v) is 2.98. The lowest BCUT2D eigenvalue weighted by molar-refractivity contribution is -0.121. The lowest BCUT2D eigenvalue weighted by Gasteiger charge is -2.04. The van der Waals surface area contributed by atoms with Crippen LogP contribution >= 0.6 is 11.3 Å². The summed E-state index contributed by atoms with van der Waals surface area (Å²) in [7, 11) is 0. The molecule has 0 bridgehead atoms. The molecule has 114 valence electrons. The molecule has 0 aliphatic carbocycles. The average molecular weight is 317 g/mol. The summed E-state index contributed by atoms with van der Waals surface area (Å²) >= 11 is 1.59. The molecule has 0 unspecified atom stereocenters. The van der Waals surface area contributed by atoms with E-state index >= 15 is 0 Å². The highest BCUT2D eigenvalue weighted by Gasteiger charge is 2.05. The maximum absolute atomic E-state index is 13.0. The van der Waals surface area contributed by atoms with Gasteiger partial charge in [0.15, 0.2) is 4.96 Å². The fraction of sp³-hybridized carbons (Fsp3) is 0.250. The Labute approximate surface area is 131 Å². The SMILES string of the molecule is O=C(CCc1cccc(F)c1)NCCc1cn2ccsc2n1. The third-order valence-corrected chi connectivity index (χ3v) is 4.15. The smallest absolute Gasteiger partial charge is 0.220 e. The lowest BCUT2D eigenvalue weighted by atomic mass is 10.1. The first-order chi connectivity index (χ1) is 10.7. The van der Waals surface area contributed by atoms with Gasteiger partial charge in [-0.2, -0.15) is 0 Å². The molecule has 1 aromatic carbocycles. The second-order valence-electron chi connectivity index (χ2n) is 5.05. The zero-order chi connectivity index (χ0) is 15.4.